The quantitative estimate of drug-likeness (QED) is 0.785. The van der Waals surface area contributed by atoms with Crippen molar-refractivity contribution < 1.29 is 9.59 Å². The van der Waals surface area contributed by atoms with E-state index in [0.29, 0.717) is 31.2 Å². The molecule has 1 rings (SSSR count). The molecule has 0 aromatic heterocycles. The normalized spacial score (nSPS) is 23.4. The van der Waals surface area contributed by atoms with E-state index in [1.807, 2.05) is 18.7 Å². The number of rotatable bonds is 7. The molecular formula is C17H32N2O2. The lowest BCUT2D eigenvalue weighted by Gasteiger charge is -2.46. The molecule has 0 saturated carbocycles. The molecule has 21 heavy (non-hydrogen) atoms. The number of carbonyl (C=O) groups excluding carboxylic acids is 2. The van der Waals surface area contributed by atoms with Crippen LogP contribution in [0, 0.1) is 11.8 Å². The molecule has 1 heterocycles. The predicted molar refractivity (Wildman–Crippen MR) is 85.9 cm³/mol. The molecule has 2 atom stereocenters. The summed E-state index contributed by atoms with van der Waals surface area (Å²) in [5, 5.41) is 3.03. The fraction of sp³-hybridized carbons (Fsp3) is 0.882. The standard InChI is InChI=1S/C17H32N2O2/c1-7-13(6)11-19-14(10-12(4)5)15(20)18-17(8-2,9-3)16(19)21/h12-14H,7-11H2,1-6H3,(H,18,20). The molecule has 122 valence electrons. The number of hydrogen-bond acceptors (Lipinski definition) is 2. The summed E-state index contributed by atoms with van der Waals surface area (Å²) < 4.78 is 0. The average molecular weight is 296 g/mol. The number of amides is 2. The average Bonchev–Trinajstić information content (AvgIpc) is 2.45. The largest absolute Gasteiger partial charge is 0.340 e. The molecular weight excluding hydrogens is 264 g/mol. The van der Waals surface area contributed by atoms with E-state index in [4.69, 9.17) is 0 Å². The van der Waals surface area contributed by atoms with Gasteiger partial charge in [0.2, 0.25) is 11.8 Å². The van der Waals surface area contributed by atoms with Crippen molar-refractivity contribution in [3.8, 4) is 0 Å². The summed E-state index contributed by atoms with van der Waals surface area (Å²) in [5.74, 6) is 0.943. The van der Waals surface area contributed by atoms with E-state index in [1.54, 1.807) is 0 Å². The Morgan fingerprint density at radius 2 is 1.71 bits per heavy atom. The maximum atomic E-state index is 13.0. The summed E-state index contributed by atoms with van der Waals surface area (Å²) in [7, 11) is 0. The highest BCUT2D eigenvalue weighted by molar-refractivity contribution is 5.99. The van der Waals surface area contributed by atoms with Gasteiger partial charge in [0.25, 0.3) is 0 Å². The van der Waals surface area contributed by atoms with Crippen LogP contribution in [0.1, 0.15) is 67.2 Å². The van der Waals surface area contributed by atoms with Crippen LogP contribution in [0.25, 0.3) is 0 Å². The lowest BCUT2D eigenvalue weighted by molar-refractivity contribution is -0.156. The van der Waals surface area contributed by atoms with Crippen LogP contribution in [-0.2, 0) is 9.59 Å². The van der Waals surface area contributed by atoms with Gasteiger partial charge in [-0.25, -0.2) is 0 Å². The summed E-state index contributed by atoms with van der Waals surface area (Å²) in [4.78, 5) is 27.5. The highest BCUT2D eigenvalue weighted by atomic mass is 16.2. The molecule has 4 heteroatoms. The molecule has 2 unspecified atom stereocenters. The van der Waals surface area contributed by atoms with Gasteiger partial charge in [0.05, 0.1) is 0 Å². The summed E-state index contributed by atoms with van der Waals surface area (Å²) in [5.41, 5.74) is -0.696. The van der Waals surface area contributed by atoms with Crippen molar-refractivity contribution in [2.24, 2.45) is 11.8 Å². The molecule has 2 amide bonds. The number of nitrogens with one attached hydrogen (secondary N) is 1. The van der Waals surface area contributed by atoms with E-state index in [2.05, 4.69) is 33.0 Å². The Morgan fingerprint density at radius 1 is 1.14 bits per heavy atom. The number of nitrogens with zero attached hydrogens (tertiary/aromatic N) is 1. The highest BCUT2D eigenvalue weighted by Gasteiger charge is 2.48. The second-order valence-electron chi connectivity index (χ2n) is 6.89. The molecule has 1 saturated heterocycles. The maximum Gasteiger partial charge on any atom is 0.248 e. The molecule has 0 aliphatic carbocycles. The Bertz CT molecular complexity index is 375. The minimum atomic E-state index is -0.696. The van der Waals surface area contributed by atoms with E-state index >= 15 is 0 Å². The summed E-state index contributed by atoms with van der Waals surface area (Å²) in [6.45, 7) is 13.1. The molecule has 0 bridgehead atoms. The van der Waals surface area contributed by atoms with Crippen molar-refractivity contribution in [1.29, 1.82) is 0 Å². The molecule has 0 radical (unpaired) electrons. The van der Waals surface area contributed by atoms with Crippen molar-refractivity contribution in [2.45, 2.75) is 78.8 Å². The Hall–Kier alpha value is -1.06. The van der Waals surface area contributed by atoms with Crippen LogP contribution in [0.5, 0.6) is 0 Å². The predicted octanol–water partition coefficient (Wildman–Crippen LogP) is 2.96. The maximum absolute atomic E-state index is 13.0. The van der Waals surface area contributed by atoms with Gasteiger partial charge in [0.1, 0.15) is 11.6 Å². The Morgan fingerprint density at radius 3 is 2.14 bits per heavy atom. The zero-order valence-corrected chi connectivity index (χ0v) is 14.5. The SMILES string of the molecule is CCC(C)CN1C(=O)C(CC)(CC)NC(=O)C1CC(C)C. The van der Waals surface area contributed by atoms with E-state index in [-0.39, 0.29) is 17.9 Å². The van der Waals surface area contributed by atoms with Crippen LogP contribution in [0.4, 0.5) is 0 Å². The van der Waals surface area contributed by atoms with Crippen molar-refractivity contribution in [3.63, 3.8) is 0 Å². The third-order valence-corrected chi connectivity index (χ3v) is 4.82. The van der Waals surface area contributed by atoms with Gasteiger partial charge in [-0.05, 0) is 31.1 Å². The summed E-state index contributed by atoms with van der Waals surface area (Å²) in [6.07, 6.45) is 3.06. The van der Waals surface area contributed by atoms with Crippen LogP contribution in [0.3, 0.4) is 0 Å². The van der Waals surface area contributed by atoms with E-state index in [1.165, 1.54) is 0 Å². The van der Waals surface area contributed by atoms with Crippen LogP contribution in [0.2, 0.25) is 0 Å². The van der Waals surface area contributed by atoms with E-state index in [9.17, 15) is 9.59 Å². The lowest BCUT2D eigenvalue weighted by atomic mass is 9.85. The van der Waals surface area contributed by atoms with Gasteiger partial charge in [-0.3, -0.25) is 9.59 Å². The molecule has 1 fully saturated rings. The molecule has 0 spiro atoms. The minimum Gasteiger partial charge on any atom is -0.340 e. The van der Waals surface area contributed by atoms with Gasteiger partial charge in [0, 0.05) is 6.54 Å². The van der Waals surface area contributed by atoms with E-state index in [0.717, 1.165) is 12.8 Å². The summed E-state index contributed by atoms with van der Waals surface area (Å²) >= 11 is 0. The van der Waals surface area contributed by atoms with Crippen molar-refractivity contribution in [2.75, 3.05) is 6.54 Å². The first-order chi connectivity index (χ1) is 9.81. The van der Waals surface area contributed by atoms with Crippen LogP contribution in [0.15, 0.2) is 0 Å². The van der Waals surface area contributed by atoms with Gasteiger partial charge in [0.15, 0.2) is 0 Å². The molecule has 0 aromatic carbocycles. The zero-order valence-electron chi connectivity index (χ0n) is 14.5. The smallest absolute Gasteiger partial charge is 0.248 e. The Kier molecular flexibility index (Phi) is 6.24. The first kappa shape index (κ1) is 18.0. The topological polar surface area (TPSA) is 49.4 Å². The first-order valence-electron chi connectivity index (χ1n) is 8.44. The van der Waals surface area contributed by atoms with Crippen LogP contribution in [-0.4, -0.2) is 34.8 Å². The van der Waals surface area contributed by atoms with Gasteiger partial charge < -0.3 is 10.2 Å². The van der Waals surface area contributed by atoms with Crippen LogP contribution < -0.4 is 5.32 Å². The first-order valence-corrected chi connectivity index (χ1v) is 8.44. The zero-order chi connectivity index (χ0) is 16.2. The fourth-order valence-corrected chi connectivity index (χ4v) is 3.02. The van der Waals surface area contributed by atoms with Gasteiger partial charge in [-0.2, -0.15) is 0 Å². The third kappa shape index (κ3) is 3.78. The van der Waals surface area contributed by atoms with E-state index < -0.39 is 5.54 Å². The second-order valence-corrected chi connectivity index (χ2v) is 6.89. The third-order valence-electron chi connectivity index (χ3n) is 4.82. The fourth-order valence-electron chi connectivity index (χ4n) is 3.02. The monoisotopic (exact) mass is 296 g/mol. The minimum absolute atomic E-state index is 0.0234. The second kappa shape index (κ2) is 7.28. The summed E-state index contributed by atoms with van der Waals surface area (Å²) in [6, 6.07) is -0.308. The van der Waals surface area contributed by atoms with Gasteiger partial charge in [-0.15, -0.1) is 0 Å². The molecule has 4 nitrogen and oxygen atoms in total. The van der Waals surface area contributed by atoms with Gasteiger partial charge >= 0.3 is 0 Å². The molecule has 1 aliphatic heterocycles. The highest BCUT2D eigenvalue weighted by Crippen LogP contribution is 2.28. The van der Waals surface area contributed by atoms with Crippen molar-refractivity contribution in [1.82, 2.24) is 10.2 Å². The van der Waals surface area contributed by atoms with Gasteiger partial charge in [-0.1, -0.05) is 48.0 Å². The van der Waals surface area contributed by atoms with Crippen LogP contribution >= 0.6 is 0 Å². The number of hydrogen-bond donors (Lipinski definition) is 1. The van der Waals surface area contributed by atoms with Crippen molar-refractivity contribution in [3.05, 3.63) is 0 Å². The molecule has 1 N–H and O–H groups in total. The number of piperazine rings is 1. The molecule has 0 aromatic rings. The Balaban J connectivity index is 3.10. The Labute approximate surface area is 129 Å². The lowest BCUT2D eigenvalue weighted by Crippen LogP contribution is -2.70. The number of carbonyl (C=O) groups is 2. The van der Waals surface area contributed by atoms with Crippen molar-refractivity contribution >= 4 is 11.8 Å². The molecule has 1 aliphatic rings.